The minimum absolute atomic E-state index is 0.0730. The summed E-state index contributed by atoms with van der Waals surface area (Å²) in [6, 6.07) is 0. The molecule has 0 aromatic heterocycles. The average Bonchev–Trinajstić information content (AvgIpc) is 2.36. The molecule has 2 N–H and O–H groups in total. The van der Waals surface area contributed by atoms with Crippen molar-refractivity contribution in [2.45, 2.75) is 51.6 Å². The second kappa shape index (κ2) is 9.11. The molecule has 0 aromatic rings. The van der Waals surface area contributed by atoms with Gasteiger partial charge in [-0.05, 0) is 45.6 Å². The molecule has 4 heteroatoms. The molecule has 0 aromatic carbocycles. The number of carbonyl (C=O) groups is 1. The summed E-state index contributed by atoms with van der Waals surface area (Å²) in [6.45, 7) is 3.45. The number of esters is 1. The van der Waals surface area contributed by atoms with Gasteiger partial charge in [0, 0.05) is 6.54 Å². The summed E-state index contributed by atoms with van der Waals surface area (Å²) in [4.78, 5) is 11.1. The highest BCUT2D eigenvalue weighted by Crippen LogP contribution is 2.19. The lowest BCUT2D eigenvalue weighted by atomic mass is 9.97. The van der Waals surface area contributed by atoms with E-state index >= 15 is 0 Å². The number of carbonyl (C=O) groups excluding carboxylic acids is 1. The number of aliphatic hydroxyl groups excluding tert-OH is 1. The number of aliphatic hydroxyl groups is 1. The van der Waals surface area contributed by atoms with E-state index < -0.39 is 6.10 Å². The molecule has 0 bridgehead atoms. The van der Waals surface area contributed by atoms with Gasteiger partial charge < -0.3 is 15.2 Å². The fraction of sp³-hybridized carbons (Fsp3) is 0.786. The molecule has 0 aliphatic heterocycles. The van der Waals surface area contributed by atoms with Gasteiger partial charge >= 0.3 is 5.97 Å². The maximum Gasteiger partial charge on any atom is 0.308 e. The molecule has 0 spiro atoms. The molecule has 0 radical (unpaired) electrons. The van der Waals surface area contributed by atoms with E-state index in [1.165, 1.54) is 31.3 Å². The maximum absolute atomic E-state index is 11.1. The lowest BCUT2D eigenvalue weighted by Gasteiger charge is -2.14. The quantitative estimate of drug-likeness (QED) is 0.394. The first-order valence-corrected chi connectivity index (χ1v) is 6.94. The van der Waals surface area contributed by atoms with Crippen LogP contribution in [0.3, 0.4) is 0 Å². The van der Waals surface area contributed by atoms with E-state index in [1.54, 1.807) is 6.92 Å². The smallest absolute Gasteiger partial charge is 0.308 e. The molecule has 1 rings (SSSR count). The van der Waals surface area contributed by atoms with Crippen molar-refractivity contribution in [3.05, 3.63) is 11.6 Å². The first-order chi connectivity index (χ1) is 8.72. The van der Waals surface area contributed by atoms with Crippen LogP contribution in [-0.2, 0) is 9.53 Å². The van der Waals surface area contributed by atoms with Gasteiger partial charge in [0.15, 0.2) is 0 Å². The Bertz CT molecular complexity index is 276. The van der Waals surface area contributed by atoms with E-state index in [0.717, 1.165) is 13.0 Å². The minimum Gasteiger partial charge on any atom is -0.466 e. The molecule has 1 unspecified atom stereocenters. The van der Waals surface area contributed by atoms with Crippen LogP contribution >= 0.6 is 0 Å². The Labute approximate surface area is 109 Å². The van der Waals surface area contributed by atoms with Gasteiger partial charge in [-0.2, -0.15) is 0 Å². The molecule has 18 heavy (non-hydrogen) atoms. The van der Waals surface area contributed by atoms with Gasteiger partial charge in [0.05, 0.1) is 19.1 Å². The Hall–Kier alpha value is -0.870. The molecular formula is C14H25NO3. The van der Waals surface area contributed by atoms with Crippen LogP contribution in [0.2, 0.25) is 0 Å². The van der Waals surface area contributed by atoms with E-state index in [2.05, 4.69) is 11.4 Å². The van der Waals surface area contributed by atoms with Crippen LogP contribution < -0.4 is 5.32 Å². The van der Waals surface area contributed by atoms with Crippen molar-refractivity contribution in [1.29, 1.82) is 0 Å². The van der Waals surface area contributed by atoms with Crippen LogP contribution in [0.5, 0.6) is 0 Å². The van der Waals surface area contributed by atoms with Crippen molar-refractivity contribution in [1.82, 2.24) is 5.32 Å². The SMILES string of the molecule is CCOC(=O)CC(O)CNCCC1=CCCCC1. The molecule has 1 atom stereocenters. The Kier molecular flexibility index (Phi) is 7.69. The Morgan fingerprint density at radius 2 is 2.39 bits per heavy atom. The molecule has 0 saturated carbocycles. The van der Waals surface area contributed by atoms with Crippen molar-refractivity contribution in [3.63, 3.8) is 0 Å². The number of nitrogens with one attached hydrogen (secondary N) is 1. The first-order valence-electron chi connectivity index (χ1n) is 6.94. The summed E-state index contributed by atoms with van der Waals surface area (Å²) >= 11 is 0. The summed E-state index contributed by atoms with van der Waals surface area (Å²) in [5.74, 6) is -0.332. The second-order valence-corrected chi connectivity index (χ2v) is 4.73. The van der Waals surface area contributed by atoms with Gasteiger partial charge in [-0.25, -0.2) is 0 Å². The number of hydrogen-bond donors (Lipinski definition) is 2. The van der Waals surface area contributed by atoms with Gasteiger partial charge in [0.1, 0.15) is 0 Å². The zero-order valence-corrected chi connectivity index (χ0v) is 11.3. The third-order valence-electron chi connectivity index (χ3n) is 3.10. The van der Waals surface area contributed by atoms with Crippen LogP contribution in [0, 0.1) is 0 Å². The largest absolute Gasteiger partial charge is 0.466 e. The highest BCUT2D eigenvalue weighted by Gasteiger charge is 2.11. The summed E-state index contributed by atoms with van der Waals surface area (Å²) in [5.41, 5.74) is 1.52. The predicted molar refractivity (Wildman–Crippen MR) is 71.3 cm³/mol. The molecule has 4 nitrogen and oxygen atoms in total. The van der Waals surface area contributed by atoms with Crippen LogP contribution in [-0.4, -0.2) is 36.9 Å². The highest BCUT2D eigenvalue weighted by molar-refractivity contribution is 5.69. The van der Waals surface area contributed by atoms with Crippen molar-refractivity contribution >= 4 is 5.97 Å². The zero-order chi connectivity index (χ0) is 13.2. The lowest BCUT2D eigenvalue weighted by molar-refractivity contribution is -0.145. The van der Waals surface area contributed by atoms with Crippen LogP contribution in [0.1, 0.15) is 45.4 Å². The van der Waals surface area contributed by atoms with E-state index in [0.29, 0.717) is 13.2 Å². The number of hydrogen-bond acceptors (Lipinski definition) is 4. The molecule has 0 amide bonds. The van der Waals surface area contributed by atoms with Crippen molar-refractivity contribution in [2.75, 3.05) is 19.7 Å². The van der Waals surface area contributed by atoms with Crippen LogP contribution in [0.15, 0.2) is 11.6 Å². The molecule has 104 valence electrons. The van der Waals surface area contributed by atoms with Gasteiger partial charge in [-0.3, -0.25) is 4.79 Å². The van der Waals surface area contributed by atoms with E-state index in [1.807, 2.05) is 0 Å². The number of rotatable bonds is 8. The topological polar surface area (TPSA) is 58.6 Å². The maximum atomic E-state index is 11.1. The fourth-order valence-corrected chi connectivity index (χ4v) is 2.13. The monoisotopic (exact) mass is 255 g/mol. The van der Waals surface area contributed by atoms with Gasteiger partial charge in [-0.1, -0.05) is 11.6 Å². The van der Waals surface area contributed by atoms with Crippen LogP contribution in [0.25, 0.3) is 0 Å². The minimum atomic E-state index is -0.649. The lowest BCUT2D eigenvalue weighted by Crippen LogP contribution is -2.30. The van der Waals surface area contributed by atoms with Gasteiger partial charge in [0.25, 0.3) is 0 Å². The second-order valence-electron chi connectivity index (χ2n) is 4.73. The van der Waals surface area contributed by atoms with E-state index in [4.69, 9.17) is 4.74 Å². The Morgan fingerprint density at radius 3 is 3.06 bits per heavy atom. The Balaban J connectivity index is 2.02. The molecule has 0 saturated heterocycles. The highest BCUT2D eigenvalue weighted by atomic mass is 16.5. The molecule has 0 fully saturated rings. The van der Waals surface area contributed by atoms with Crippen molar-refractivity contribution in [3.8, 4) is 0 Å². The zero-order valence-electron chi connectivity index (χ0n) is 11.3. The van der Waals surface area contributed by atoms with E-state index in [9.17, 15) is 9.90 Å². The summed E-state index contributed by atoms with van der Waals surface area (Å²) in [6.07, 6.45) is 7.85. The molecular weight excluding hydrogens is 230 g/mol. The Morgan fingerprint density at radius 1 is 1.56 bits per heavy atom. The summed E-state index contributed by atoms with van der Waals surface area (Å²) in [5, 5.41) is 12.8. The van der Waals surface area contributed by atoms with Gasteiger partial charge in [0.2, 0.25) is 0 Å². The third kappa shape index (κ3) is 6.77. The standard InChI is InChI=1S/C14H25NO3/c1-2-18-14(17)10-13(16)11-15-9-8-12-6-4-3-5-7-12/h6,13,15-16H,2-5,7-11H2,1H3. The molecule has 0 heterocycles. The van der Waals surface area contributed by atoms with Crippen molar-refractivity contribution in [2.24, 2.45) is 0 Å². The van der Waals surface area contributed by atoms with Crippen LogP contribution in [0.4, 0.5) is 0 Å². The predicted octanol–water partition coefficient (Wildman–Crippen LogP) is 1.78. The first kappa shape index (κ1) is 15.2. The molecule has 1 aliphatic carbocycles. The van der Waals surface area contributed by atoms with Crippen molar-refractivity contribution < 1.29 is 14.6 Å². The summed E-state index contributed by atoms with van der Waals surface area (Å²) in [7, 11) is 0. The molecule has 1 aliphatic rings. The number of ether oxygens (including phenoxy) is 1. The van der Waals surface area contributed by atoms with E-state index in [-0.39, 0.29) is 12.4 Å². The fourth-order valence-electron chi connectivity index (χ4n) is 2.13. The third-order valence-corrected chi connectivity index (χ3v) is 3.10. The normalized spacial score (nSPS) is 17.1. The number of allylic oxidation sites excluding steroid dienone is 1. The average molecular weight is 255 g/mol. The van der Waals surface area contributed by atoms with Gasteiger partial charge in [-0.15, -0.1) is 0 Å². The summed E-state index contributed by atoms with van der Waals surface area (Å²) < 4.78 is 4.78.